The van der Waals surface area contributed by atoms with E-state index in [9.17, 15) is 23.1 Å². The number of sulfone groups is 1. The summed E-state index contributed by atoms with van der Waals surface area (Å²) in [5, 5.41) is 18.7. The molecule has 0 saturated carbocycles. The zero-order chi connectivity index (χ0) is 30.1. The molecular weight excluding hydrogens is 638 g/mol. The number of nitrogens with zero attached hydrogens (tertiary/aromatic N) is 4. The monoisotopic (exact) mass is 657 g/mol. The SMILES string of the molecule is CCC(C(=O)Nc1cc(O)c(NC(=O)C2=C[N+](c3c(Cl)cc(Cl)cc3Cl)=NC2)cc1Cl)S(=O)(=O)c1ccnc(C)n1. The van der Waals surface area contributed by atoms with Gasteiger partial charge in [0.25, 0.3) is 11.6 Å². The number of aryl methyl sites for hydroxylation is 1. The molecule has 0 spiro atoms. The number of halogens is 4. The van der Waals surface area contributed by atoms with E-state index in [0.29, 0.717) is 10.7 Å². The maximum atomic E-state index is 13.0. The molecule has 2 amide bonds. The van der Waals surface area contributed by atoms with Crippen LogP contribution in [0, 0.1) is 6.92 Å². The van der Waals surface area contributed by atoms with Gasteiger partial charge in [-0.1, -0.05) is 58.0 Å². The Morgan fingerprint density at radius 3 is 2.37 bits per heavy atom. The zero-order valence-electron chi connectivity index (χ0n) is 21.3. The predicted molar refractivity (Wildman–Crippen MR) is 155 cm³/mol. The molecule has 1 aromatic heterocycles. The molecule has 0 bridgehead atoms. The van der Waals surface area contributed by atoms with Crippen LogP contribution >= 0.6 is 46.4 Å². The van der Waals surface area contributed by atoms with Crippen molar-refractivity contribution in [2.75, 3.05) is 17.2 Å². The van der Waals surface area contributed by atoms with E-state index < -0.39 is 32.7 Å². The second kappa shape index (κ2) is 12.3. The number of phenolic OH excluding ortho intramolecular Hbond substituents is 1. The highest BCUT2D eigenvalue weighted by Gasteiger charge is 2.34. The van der Waals surface area contributed by atoms with Crippen molar-refractivity contribution >= 4 is 85.1 Å². The lowest BCUT2D eigenvalue weighted by molar-refractivity contribution is -0.433. The second-order valence-electron chi connectivity index (χ2n) is 8.69. The molecule has 1 unspecified atom stereocenters. The first-order valence-electron chi connectivity index (χ1n) is 11.8. The molecule has 16 heteroatoms. The third-order valence-corrected chi connectivity index (χ3v) is 9.06. The number of carbonyl (C=O) groups excluding carboxylic acids is 2. The van der Waals surface area contributed by atoms with Crippen LogP contribution in [0.3, 0.4) is 0 Å². The van der Waals surface area contributed by atoms with Crippen molar-refractivity contribution in [3.8, 4) is 5.75 Å². The van der Waals surface area contributed by atoms with Crippen LogP contribution in [0.1, 0.15) is 19.2 Å². The quantitative estimate of drug-likeness (QED) is 0.154. The largest absolute Gasteiger partial charge is 0.506 e. The van der Waals surface area contributed by atoms with Crippen molar-refractivity contribution in [2.24, 2.45) is 5.11 Å². The lowest BCUT2D eigenvalue weighted by atomic mass is 10.2. The molecule has 3 aromatic rings. The number of azo groups is 2. The Kier molecular flexibility index (Phi) is 9.19. The Morgan fingerprint density at radius 2 is 1.73 bits per heavy atom. The fraction of sp³-hybridized carbons (Fsp3) is 0.200. The number of anilines is 2. The van der Waals surface area contributed by atoms with Gasteiger partial charge in [0.2, 0.25) is 21.9 Å². The maximum absolute atomic E-state index is 13.0. The summed E-state index contributed by atoms with van der Waals surface area (Å²) < 4.78 is 27.4. The van der Waals surface area contributed by atoms with Gasteiger partial charge in [0.1, 0.15) is 39.0 Å². The number of aromatic hydroxyl groups is 1. The van der Waals surface area contributed by atoms with E-state index in [2.05, 4.69) is 25.7 Å². The van der Waals surface area contributed by atoms with Crippen LogP contribution in [0.5, 0.6) is 5.75 Å². The maximum Gasteiger partial charge on any atom is 0.274 e. The molecule has 0 fully saturated rings. The van der Waals surface area contributed by atoms with Gasteiger partial charge in [0.05, 0.1) is 16.4 Å². The van der Waals surface area contributed by atoms with Crippen molar-refractivity contribution in [3.05, 3.63) is 74.2 Å². The summed E-state index contributed by atoms with van der Waals surface area (Å²) >= 11 is 24.7. The van der Waals surface area contributed by atoms with Crippen molar-refractivity contribution < 1.29 is 27.8 Å². The molecule has 1 aliphatic heterocycles. The van der Waals surface area contributed by atoms with Gasteiger partial charge < -0.3 is 15.7 Å². The van der Waals surface area contributed by atoms with E-state index in [-0.39, 0.29) is 55.8 Å². The number of phenols is 1. The van der Waals surface area contributed by atoms with Crippen molar-refractivity contribution in [1.29, 1.82) is 0 Å². The second-order valence-corrected chi connectivity index (χ2v) is 12.4. The van der Waals surface area contributed by atoms with Crippen molar-refractivity contribution in [2.45, 2.75) is 30.5 Å². The third-order valence-electron chi connectivity index (χ3n) is 5.85. The fourth-order valence-electron chi connectivity index (χ4n) is 3.86. The molecule has 214 valence electrons. The van der Waals surface area contributed by atoms with Crippen LogP contribution < -0.4 is 10.6 Å². The van der Waals surface area contributed by atoms with Crippen LogP contribution in [0.25, 0.3) is 0 Å². The molecule has 2 heterocycles. The molecular formula is C25H21Cl4N6O5S+. The number of benzene rings is 2. The molecule has 2 aromatic carbocycles. The lowest BCUT2D eigenvalue weighted by Crippen LogP contribution is -2.35. The highest BCUT2D eigenvalue weighted by Crippen LogP contribution is 2.38. The summed E-state index contributed by atoms with van der Waals surface area (Å²) in [4.78, 5) is 33.7. The smallest absolute Gasteiger partial charge is 0.274 e. The van der Waals surface area contributed by atoms with Gasteiger partial charge in [0, 0.05) is 17.3 Å². The van der Waals surface area contributed by atoms with E-state index in [0.717, 1.165) is 6.07 Å². The zero-order valence-corrected chi connectivity index (χ0v) is 25.2. The minimum Gasteiger partial charge on any atom is -0.506 e. The summed E-state index contributed by atoms with van der Waals surface area (Å²) in [7, 11) is -4.15. The standard InChI is InChI=1S/C25H20Cl4N6O5S/c1-3-21(41(39,40)22-4-5-30-12(2)32-22)25(38)33-18-9-20(36)19(8-15(18)27)34-24(37)13-10-31-35(11-13)23-16(28)6-14(26)7-17(23)29/h4-9,11,21,31H,3,10H2,1-2H3,(H,33,36,38)/p+1. The Bertz CT molecular complexity index is 1720. The molecule has 0 radical (unpaired) electrons. The lowest BCUT2D eigenvalue weighted by Gasteiger charge is -2.17. The summed E-state index contributed by atoms with van der Waals surface area (Å²) in [6.07, 6.45) is 2.66. The number of hydrogen-bond donors (Lipinski definition) is 3. The normalized spacial score (nSPS) is 13.8. The van der Waals surface area contributed by atoms with Gasteiger partial charge in [-0.2, -0.15) is 0 Å². The number of nitrogens with one attached hydrogen (secondary N) is 2. The summed E-state index contributed by atoms with van der Waals surface area (Å²) in [5.74, 6) is -1.67. The van der Waals surface area contributed by atoms with Gasteiger partial charge in [-0.05, 0) is 42.7 Å². The number of rotatable bonds is 8. The van der Waals surface area contributed by atoms with Crippen molar-refractivity contribution in [1.82, 2.24) is 9.97 Å². The van der Waals surface area contributed by atoms with E-state index in [1.54, 1.807) is 0 Å². The average Bonchev–Trinajstić information content (AvgIpc) is 3.36. The highest BCUT2D eigenvalue weighted by molar-refractivity contribution is 7.92. The van der Waals surface area contributed by atoms with E-state index in [1.807, 2.05) is 0 Å². The van der Waals surface area contributed by atoms with E-state index in [4.69, 9.17) is 46.4 Å². The van der Waals surface area contributed by atoms with Gasteiger partial charge in [-0.3, -0.25) is 9.59 Å². The molecule has 4 rings (SSSR count). The minimum atomic E-state index is -4.15. The van der Waals surface area contributed by atoms with Crippen LogP contribution in [0.15, 0.2) is 58.4 Å². The van der Waals surface area contributed by atoms with Gasteiger partial charge in [-0.25, -0.2) is 18.4 Å². The first kappa shape index (κ1) is 30.7. The summed E-state index contributed by atoms with van der Waals surface area (Å²) in [6, 6.07) is 6.49. The number of carbonyl (C=O) groups is 2. The van der Waals surface area contributed by atoms with Gasteiger partial charge in [0.15, 0.2) is 5.03 Å². The molecule has 0 saturated heterocycles. The van der Waals surface area contributed by atoms with Gasteiger partial charge in [-0.15, -0.1) is 0 Å². The highest BCUT2D eigenvalue weighted by atomic mass is 35.5. The number of hydrogen-bond acceptors (Lipinski definition) is 8. The Hall–Kier alpha value is -3.29. The van der Waals surface area contributed by atoms with E-state index in [1.165, 1.54) is 55.2 Å². The number of aromatic nitrogens is 2. The predicted octanol–water partition coefficient (Wildman–Crippen LogP) is 5.93. The van der Waals surface area contributed by atoms with Crippen molar-refractivity contribution in [3.63, 3.8) is 0 Å². The van der Waals surface area contributed by atoms with Gasteiger partial charge >= 0.3 is 0 Å². The number of amides is 2. The molecule has 3 N–H and O–H groups in total. The third kappa shape index (κ3) is 6.62. The molecule has 1 aliphatic rings. The molecule has 1 atom stereocenters. The molecule has 11 nitrogen and oxygen atoms in total. The topological polar surface area (TPSA) is 154 Å². The molecule has 41 heavy (non-hydrogen) atoms. The summed E-state index contributed by atoms with van der Waals surface area (Å²) in [5.41, 5.74) is 0.439. The minimum absolute atomic E-state index is 0.0114. The fourth-order valence-corrected chi connectivity index (χ4v) is 6.64. The van der Waals surface area contributed by atoms with Crippen LogP contribution in [0.4, 0.5) is 17.1 Å². The van der Waals surface area contributed by atoms with E-state index >= 15 is 0 Å². The first-order chi connectivity index (χ1) is 19.3. The Balaban J connectivity index is 1.50. The Labute approximate surface area is 254 Å². The van der Waals surface area contributed by atoms with Crippen LogP contribution in [-0.4, -0.2) is 51.8 Å². The van der Waals surface area contributed by atoms with Crippen LogP contribution in [-0.2, 0) is 19.4 Å². The summed E-state index contributed by atoms with van der Waals surface area (Å²) in [6.45, 7) is 3.05. The van der Waals surface area contributed by atoms with Crippen LogP contribution in [0.2, 0.25) is 20.1 Å². The molecule has 0 aliphatic carbocycles. The first-order valence-corrected chi connectivity index (χ1v) is 14.9. The Morgan fingerprint density at radius 1 is 1.05 bits per heavy atom. The average molecular weight is 659 g/mol.